The summed E-state index contributed by atoms with van der Waals surface area (Å²) in [6.07, 6.45) is 12.2. The van der Waals surface area contributed by atoms with E-state index in [1.807, 2.05) is 0 Å². The Morgan fingerprint density at radius 2 is 2.10 bits per heavy atom. The Kier molecular flexibility index (Phi) is 4.96. The topological polar surface area (TPSA) is 104 Å². The summed E-state index contributed by atoms with van der Waals surface area (Å²) in [5.41, 5.74) is 7.98. The molecule has 0 radical (unpaired) electrons. The van der Waals surface area contributed by atoms with Gasteiger partial charge in [-0.2, -0.15) is 4.98 Å². The van der Waals surface area contributed by atoms with Crippen LogP contribution in [0.4, 0.5) is 11.8 Å². The molecule has 1 aromatic rings. The van der Waals surface area contributed by atoms with Crippen molar-refractivity contribution in [1.82, 2.24) is 9.97 Å². The van der Waals surface area contributed by atoms with E-state index in [-0.39, 0.29) is 18.2 Å². The maximum absolute atomic E-state index is 12.5. The van der Waals surface area contributed by atoms with Crippen LogP contribution in [0.1, 0.15) is 37.8 Å². The Morgan fingerprint density at radius 3 is 2.76 bits per heavy atom. The van der Waals surface area contributed by atoms with Crippen molar-refractivity contribution in [2.45, 2.75) is 55.0 Å². The number of aromatic nitrogens is 2. The van der Waals surface area contributed by atoms with E-state index in [1.165, 1.54) is 5.57 Å². The van der Waals surface area contributed by atoms with Crippen molar-refractivity contribution >= 4 is 22.6 Å². The zero-order chi connectivity index (χ0) is 20.0. The molecule has 8 heteroatoms. The second kappa shape index (κ2) is 7.49. The van der Waals surface area contributed by atoms with Crippen molar-refractivity contribution in [2.75, 3.05) is 35.7 Å². The third-order valence-electron chi connectivity index (χ3n) is 6.63. The standard InChI is InChI=1S/C21H29N5O2S/c22-16-3-1-14(2-4-16)15-5-10-26(11-6-15)20-23-17-7-12-29(28)18(17)19(24-20)25-21(13-27)8-9-21/h1-3,15-16,27H,4-13,22H2,(H,23,24,25). The van der Waals surface area contributed by atoms with Crippen LogP contribution in [-0.2, 0) is 17.2 Å². The summed E-state index contributed by atoms with van der Waals surface area (Å²) < 4.78 is 12.5. The molecule has 4 N–H and O–H groups in total. The monoisotopic (exact) mass is 415 g/mol. The lowest BCUT2D eigenvalue weighted by molar-refractivity contribution is 0.265. The number of rotatable bonds is 5. The summed E-state index contributed by atoms with van der Waals surface area (Å²) in [5.74, 6) is 2.58. The van der Waals surface area contributed by atoms with Crippen LogP contribution in [0.25, 0.3) is 0 Å². The number of anilines is 2. The maximum atomic E-state index is 12.5. The Labute approximate surface area is 173 Å². The number of aryl methyl sites for hydroxylation is 1. The smallest absolute Gasteiger partial charge is 0.227 e. The quantitative estimate of drug-likeness (QED) is 0.669. The largest absolute Gasteiger partial charge is 0.394 e. The van der Waals surface area contributed by atoms with Gasteiger partial charge in [0.15, 0.2) is 0 Å². The predicted octanol–water partition coefficient (Wildman–Crippen LogP) is 1.51. The van der Waals surface area contributed by atoms with Crippen LogP contribution in [0.15, 0.2) is 28.7 Å². The molecule has 1 aromatic heterocycles. The van der Waals surface area contributed by atoms with Gasteiger partial charge in [-0.05, 0) is 43.6 Å². The number of nitrogens with one attached hydrogen (secondary N) is 1. The average Bonchev–Trinajstić information content (AvgIpc) is 3.42. The Bertz CT molecular complexity index is 887. The van der Waals surface area contributed by atoms with Gasteiger partial charge in [-0.25, -0.2) is 4.98 Å². The zero-order valence-electron chi connectivity index (χ0n) is 16.6. The summed E-state index contributed by atoms with van der Waals surface area (Å²) in [4.78, 5) is 12.6. The van der Waals surface area contributed by atoms with Crippen molar-refractivity contribution < 1.29 is 9.32 Å². The molecular formula is C21H29N5O2S. The second-order valence-corrected chi connectivity index (χ2v) is 10.2. The van der Waals surface area contributed by atoms with Gasteiger partial charge in [0.1, 0.15) is 10.7 Å². The van der Waals surface area contributed by atoms with Crippen LogP contribution in [0.3, 0.4) is 0 Å². The fourth-order valence-electron chi connectivity index (χ4n) is 4.50. The number of aliphatic hydroxyl groups excluding tert-OH is 1. The molecule has 29 heavy (non-hydrogen) atoms. The highest BCUT2D eigenvalue weighted by molar-refractivity contribution is 7.85. The van der Waals surface area contributed by atoms with Gasteiger partial charge in [0.05, 0.1) is 28.6 Å². The lowest BCUT2D eigenvalue weighted by atomic mass is 9.86. The first kappa shape index (κ1) is 19.2. The lowest BCUT2D eigenvalue weighted by Crippen LogP contribution is -2.36. The highest BCUT2D eigenvalue weighted by atomic mass is 32.2. The highest BCUT2D eigenvalue weighted by Crippen LogP contribution is 2.41. The van der Waals surface area contributed by atoms with E-state index in [2.05, 4.69) is 28.4 Å². The molecule has 2 unspecified atom stereocenters. The van der Waals surface area contributed by atoms with Gasteiger partial charge >= 0.3 is 0 Å². The minimum atomic E-state index is -1.06. The molecule has 1 saturated carbocycles. The Balaban J connectivity index is 1.34. The minimum absolute atomic E-state index is 0.0748. The fourth-order valence-corrected chi connectivity index (χ4v) is 5.81. The van der Waals surface area contributed by atoms with Crippen molar-refractivity contribution in [3.63, 3.8) is 0 Å². The van der Waals surface area contributed by atoms with E-state index in [9.17, 15) is 9.32 Å². The zero-order valence-corrected chi connectivity index (χ0v) is 17.5. The molecule has 3 heterocycles. The molecule has 0 spiro atoms. The van der Waals surface area contributed by atoms with Crippen LogP contribution in [0.2, 0.25) is 0 Å². The fraction of sp³-hybridized carbons (Fsp3) is 0.619. The van der Waals surface area contributed by atoms with Gasteiger partial charge in [-0.3, -0.25) is 4.21 Å². The Morgan fingerprint density at radius 1 is 1.31 bits per heavy atom. The van der Waals surface area contributed by atoms with Gasteiger partial charge < -0.3 is 21.1 Å². The second-order valence-electron chi connectivity index (χ2n) is 8.74. The van der Waals surface area contributed by atoms with E-state index in [0.717, 1.165) is 68.2 Å². The number of hydrogen-bond acceptors (Lipinski definition) is 7. The molecule has 156 valence electrons. The summed E-state index contributed by atoms with van der Waals surface area (Å²) in [5, 5.41) is 13.1. The number of hydrogen-bond donors (Lipinski definition) is 3. The van der Waals surface area contributed by atoms with E-state index in [0.29, 0.717) is 17.5 Å². The number of piperidine rings is 1. The summed E-state index contributed by atoms with van der Waals surface area (Å²) in [7, 11) is -1.06. The van der Waals surface area contributed by atoms with Crippen LogP contribution in [0.5, 0.6) is 0 Å². The van der Waals surface area contributed by atoms with E-state index >= 15 is 0 Å². The van der Waals surface area contributed by atoms with Gasteiger partial charge in [0.2, 0.25) is 5.95 Å². The van der Waals surface area contributed by atoms with Gasteiger partial charge in [-0.15, -0.1) is 0 Å². The lowest BCUT2D eigenvalue weighted by Gasteiger charge is -2.34. The number of aliphatic hydroxyl groups is 1. The molecule has 4 aliphatic rings. The summed E-state index contributed by atoms with van der Waals surface area (Å²) in [6, 6.07) is 0.156. The molecule has 2 atom stereocenters. The Hall–Kier alpha value is -1.77. The molecular weight excluding hydrogens is 386 g/mol. The van der Waals surface area contributed by atoms with E-state index < -0.39 is 10.8 Å². The molecule has 2 aliphatic carbocycles. The third-order valence-corrected chi connectivity index (χ3v) is 8.09. The van der Waals surface area contributed by atoms with Crippen LogP contribution >= 0.6 is 0 Å². The van der Waals surface area contributed by atoms with E-state index in [1.54, 1.807) is 0 Å². The number of fused-ring (bicyclic) bond motifs is 1. The SMILES string of the molecule is NC1C=CC(C2CCN(c3nc4c(c(NC5(CO)CC5)n3)S(=O)CC4)CC2)=CC1. The molecule has 0 amide bonds. The minimum Gasteiger partial charge on any atom is -0.394 e. The first-order chi connectivity index (χ1) is 14.1. The normalized spacial score (nSPS) is 28.2. The summed E-state index contributed by atoms with van der Waals surface area (Å²) in [6.45, 7) is 1.90. The van der Waals surface area contributed by atoms with Crippen molar-refractivity contribution in [1.29, 1.82) is 0 Å². The molecule has 0 bridgehead atoms. The van der Waals surface area contributed by atoms with Gasteiger partial charge in [0.25, 0.3) is 0 Å². The first-order valence-electron chi connectivity index (χ1n) is 10.6. The first-order valence-corrected chi connectivity index (χ1v) is 12.0. The summed E-state index contributed by atoms with van der Waals surface area (Å²) >= 11 is 0. The molecule has 2 aliphatic heterocycles. The average molecular weight is 416 g/mol. The van der Waals surface area contributed by atoms with Crippen molar-refractivity contribution in [3.8, 4) is 0 Å². The van der Waals surface area contributed by atoms with Crippen molar-refractivity contribution in [3.05, 3.63) is 29.5 Å². The number of nitrogens with two attached hydrogens (primary N) is 1. The van der Waals surface area contributed by atoms with Gasteiger partial charge in [0, 0.05) is 31.3 Å². The number of allylic oxidation sites excluding steroid dienone is 2. The van der Waals surface area contributed by atoms with Crippen LogP contribution in [-0.4, -0.2) is 56.3 Å². The van der Waals surface area contributed by atoms with Crippen LogP contribution < -0.4 is 16.0 Å². The number of nitrogens with zero attached hydrogens (tertiary/aromatic N) is 3. The molecule has 7 nitrogen and oxygen atoms in total. The maximum Gasteiger partial charge on any atom is 0.227 e. The molecule has 1 saturated heterocycles. The van der Waals surface area contributed by atoms with Gasteiger partial charge in [-0.1, -0.05) is 18.2 Å². The van der Waals surface area contributed by atoms with E-state index in [4.69, 9.17) is 15.7 Å². The molecule has 0 aromatic carbocycles. The van der Waals surface area contributed by atoms with Crippen molar-refractivity contribution in [2.24, 2.45) is 11.7 Å². The predicted molar refractivity (Wildman–Crippen MR) is 114 cm³/mol. The molecule has 5 rings (SSSR count). The third kappa shape index (κ3) is 3.73. The van der Waals surface area contributed by atoms with Crippen LogP contribution in [0, 0.1) is 5.92 Å². The molecule has 2 fully saturated rings. The highest BCUT2D eigenvalue weighted by Gasteiger charge is 2.44.